The Hall–Kier alpha value is -0.120. The molecule has 0 unspecified atom stereocenters. The van der Waals surface area contributed by atoms with Crippen LogP contribution < -0.4 is 5.32 Å². The smallest absolute Gasteiger partial charge is 0.0469 e. The molecule has 0 aromatic carbocycles. The SMILES string of the molecule is C1CC(CN2CC3(CNC3)C2)CCO1. The van der Waals surface area contributed by atoms with Gasteiger partial charge in [0.15, 0.2) is 0 Å². The molecule has 3 heterocycles. The zero-order valence-electron chi connectivity index (χ0n) is 8.80. The summed E-state index contributed by atoms with van der Waals surface area (Å²) >= 11 is 0. The fourth-order valence-corrected chi connectivity index (χ4v) is 3.03. The Kier molecular flexibility index (Phi) is 2.26. The Morgan fingerprint density at radius 3 is 2.50 bits per heavy atom. The summed E-state index contributed by atoms with van der Waals surface area (Å²) in [6, 6.07) is 0. The summed E-state index contributed by atoms with van der Waals surface area (Å²) in [7, 11) is 0. The number of likely N-dealkylation sites (tertiary alicyclic amines) is 1. The highest BCUT2D eigenvalue weighted by atomic mass is 16.5. The van der Waals surface area contributed by atoms with Crippen molar-refractivity contribution in [2.24, 2.45) is 11.3 Å². The number of rotatable bonds is 2. The van der Waals surface area contributed by atoms with Crippen LogP contribution in [0.4, 0.5) is 0 Å². The minimum Gasteiger partial charge on any atom is -0.381 e. The molecule has 0 amide bonds. The van der Waals surface area contributed by atoms with Gasteiger partial charge in [-0.3, -0.25) is 0 Å². The summed E-state index contributed by atoms with van der Waals surface area (Å²) in [5, 5.41) is 3.38. The number of hydrogen-bond donors (Lipinski definition) is 1. The van der Waals surface area contributed by atoms with Crippen LogP contribution >= 0.6 is 0 Å². The van der Waals surface area contributed by atoms with Crippen molar-refractivity contribution < 1.29 is 4.74 Å². The second-order valence-electron chi connectivity index (χ2n) is 5.33. The van der Waals surface area contributed by atoms with E-state index >= 15 is 0 Å². The average Bonchev–Trinajstić information content (AvgIpc) is 2.09. The van der Waals surface area contributed by atoms with Crippen molar-refractivity contribution >= 4 is 0 Å². The zero-order valence-corrected chi connectivity index (χ0v) is 8.80. The van der Waals surface area contributed by atoms with Gasteiger partial charge in [0.2, 0.25) is 0 Å². The van der Waals surface area contributed by atoms with E-state index in [1.54, 1.807) is 0 Å². The fourth-order valence-electron chi connectivity index (χ4n) is 3.03. The van der Waals surface area contributed by atoms with Crippen LogP contribution in [0.25, 0.3) is 0 Å². The van der Waals surface area contributed by atoms with Gasteiger partial charge in [0.05, 0.1) is 0 Å². The molecule has 3 rings (SSSR count). The molecule has 1 N–H and O–H groups in total. The second kappa shape index (κ2) is 3.47. The largest absolute Gasteiger partial charge is 0.381 e. The quantitative estimate of drug-likeness (QED) is 0.688. The van der Waals surface area contributed by atoms with Crippen molar-refractivity contribution in [3.8, 4) is 0 Å². The van der Waals surface area contributed by atoms with E-state index in [4.69, 9.17) is 4.74 Å². The molecule has 3 fully saturated rings. The molecule has 0 aromatic rings. The van der Waals surface area contributed by atoms with Gasteiger partial charge in [-0.1, -0.05) is 0 Å². The van der Waals surface area contributed by atoms with Gasteiger partial charge >= 0.3 is 0 Å². The van der Waals surface area contributed by atoms with E-state index in [9.17, 15) is 0 Å². The number of hydrogen-bond acceptors (Lipinski definition) is 3. The highest BCUT2D eigenvalue weighted by molar-refractivity contribution is 5.04. The van der Waals surface area contributed by atoms with Crippen molar-refractivity contribution in [3.63, 3.8) is 0 Å². The second-order valence-corrected chi connectivity index (χ2v) is 5.33. The summed E-state index contributed by atoms with van der Waals surface area (Å²) in [5.41, 5.74) is 0.700. The van der Waals surface area contributed by atoms with Crippen LogP contribution in [0.15, 0.2) is 0 Å². The highest BCUT2D eigenvalue weighted by Gasteiger charge is 2.47. The number of nitrogens with zero attached hydrogens (tertiary/aromatic N) is 1. The molecule has 0 aliphatic carbocycles. The van der Waals surface area contributed by atoms with Crippen molar-refractivity contribution in [1.82, 2.24) is 10.2 Å². The highest BCUT2D eigenvalue weighted by Crippen LogP contribution is 2.35. The van der Waals surface area contributed by atoms with Gasteiger partial charge in [0.1, 0.15) is 0 Å². The average molecular weight is 196 g/mol. The molecule has 0 saturated carbocycles. The third-order valence-corrected chi connectivity index (χ3v) is 3.98. The summed E-state index contributed by atoms with van der Waals surface area (Å²) in [5.74, 6) is 0.911. The van der Waals surface area contributed by atoms with Crippen LogP contribution in [0, 0.1) is 11.3 Å². The van der Waals surface area contributed by atoms with Crippen LogP contribution in [0.5, 0.6) is 0 Å². The molecule has 3 heteroatoms. The molecule has 0 atom stereocenters. The van der Waals surface area contributed by atoms with E-state index < -0.39 is 0 Å². The van der Waals surface area contributed by atoms with Crippen molar-refractivity contribution in [2.75, 3.05) is 45.9 Å². The molecule has 1 spiro atoms. The minimum atomic E-state index is 0.700. The summed E-state index contributed by atoms with van der Waals surface area (Å²) in [6.07, 6.45) is 2.56. The molecule has 0 aromatic heterocycles. The predicted molar refractivity (Wildman–Crippen MR) is 55.3 cm³/mol. The van der Waals surface area contributed by atoms with Crippen molar-refractivity contribution in [1.29, 1.82) is 0 Å². The van der Waals surface area contributed by atoms with Gasteiger partial charge in [0.25, 0.3) is 0 Å². The molecule has 3 aliphatic rings. The first-order valence-corrected chi connectivity index (χ1v) is 5.87. The van der Waals surface area contributed by atoms with E-state index in [1.165, 1.54) is 45.6 Å². The molecule has 3 saturated heterocycles. The van der Waals surface area contributed by atoms with Crippen LogP contribution in [0.2, 0.25) is 0 Å². The lowest BCUT2D eigenvalue weighted by molar-refractivity contribution is -0.0565. The summed E-state index contributed by atoms with van der Waals surface area (Å²) < 4.78 is 5.38. The molecular formula is C11H20N2O. The first kappa shape index (κ1) is 9.13. The van der Waals surface area contributed by atoms with Crippen LogP contribution in [0.3, 0.4) is 0 Å². The Morgan fingerprint density at radius 2 is 1.93 bits per heavy atom. The zero-order chi connectivity index (χ0) is 9.43. The molecule has 80 valence electrons. The lowest BCUT2D eigenvalue weighted by Crippen LogP contribution is -2.71. The van der Waals surface area contributed by atoms with Crippen LogP contribution in [-0.2, 0) is 4.74 Å². The van der Waals surface area contributed by atoms with Gasteiger partial charge in [0, 0.05) is 51.4 Å². The summed E-state index contributed by atoms with van der Waals surface area (Å²) in [4.78, 5) is 2.64. The first-order chi connectivity index (χ1) is 6.86. The Bertz CT molecular complexity index is 201. The van der Waals surface area contributed by atoms with E-state index in [-0.39, 0.29) is 0 Å². The van der Waals surface area contributed by atoms with Crippen LogP contribution in [-0.4, -0.2) is 50.8 Å². The van der Waals surface area contributed by atoms with Crippen LogP contribution in [0.1, 0.15) is 12.8 Å². The lowest BCUT2D eigenvalue weighted by atomic mass is 9.74. The van der Waals surface area contributed by atoms with E-state index in [2.05, 4.69) is 10.2 Å². The van der Waals surface area contributed by atoms with E-state index in [0.29, 0.717) is 5.41 Å². The Balaban J connectivity index is 1.41. The Morgan fingerprint density at radius 1 is 1.21 bits per heavy atom. The van der Waals surface area contributed by atoms with Gasteiger partial charge in [-0.2, -0.15) is 0 Å². The normalized spacial score (nSPS) is 32.6. The first-order valence-electron chi connectivity index (χ1n) is 5.87. The fraction of sp³-hybridized carbons (Fsp3) is 1.00. The molecule has 3 aliphatic heterocycles. The third kappa shape index (κ3) is 1.58. The maximum absolute atomic E-state index is 5.38. The van der Waals surface area contributed by atoms with Crippen molar-refractivity contribution in [2.45, 2.75) is 12.8 Å². The molecule has 3 nitrogen and oxygen atoms in total. The number of ether oxygens (including phenoxy) is 1. The maximum atomic E-state index is 5.38. The van der Waals surface area contributed by atoms with Gasteiger partial charge in [-0.15, -0.1) is 0 Å². The predicted octanol–water partition coefficient (Wildman–Crippen LogP) is 0.318. The molecule has 0 radical (unpaired) electrons. The monoisotopic (exact) mass is 196 g/mol. The Labute approximate surface area is 85.8 Å². The molecule has 14 heavy (non-hydrogen) atoms. The lowest BCUT2D eigenvalue weighted by Gasteiger charge is -2.57. The van der Waals surface area contributed by atoms with Gasteiger partial charge < -0.3 is 15.0 Å². The van der Waals surface area contributed by atoms with E-state index in [0.717, 1.165) is 19.1 Å². The standard InChI is InChI=1S/C11H20N2O/c1-3-14-4-2-10(1)5-13-8-11(9-13)6-12-7-11/h10,12H,1-9H2. The number of nitrogens with one attached hydrogen (secondary N) is 1. The summed E-state index contributed by atoms with van der Waals surface area (Å²) in [6.45, 7) is 8.52. The van der Waals surface area contributed by atoms with Gasteiger partial charge in [-0.25, -0.2) is 0 Å². The third-order valence-electron chi connectivity index (χ3n) is 3.98. The molecule has 0 bridgehead atoms. The van der Waals surface area contributed by atoms with Gasteiger partial charge in [-0.05, 0) is 18.8 Å². The topological polar surface area (TPSA) is 24.5 Å². The molecular weight excluding hydrogens is 176 g/mol. The maximum Gasteiger partial charge on any atom is 0.0469 e. The van der Waals surface area contributed by atoms with E-state index in [1.807, 2.05) is 0 Å². The minimum absolute atomic E-state index is 0.700. The van der Waals surface area contributed by atoms with Crippen molar-refractivity contribution in [3.05, 3.63) is 0 Å².